The summed E-state index contributed by atoms with van der Waals surface area (Å²) in [6.45, 7) is 4.19. The van der Waals surface area contributed by atoms with Crippen molar-refractivity contribution in [2.75, 3.05) is 6.61 Å². The fraction of sp³-hybridized carbons (Fsp3) is 0.800. The van der Waals surface area contributed by atoms with Gasteiger partial charge in [-0.05, 0) is 13.8 Å². The first-order valence-electron chi connectivity index (χ1n) is 2.38. The smallest absolute Gasteiger partial charge is 0.148 e. The second-order valence-electron chi connectivity index (χ2n) is 1.30. The number of hydrogen-bond acceptors (Lipinski definition) is 2. The van der Waals surface area contributed by atoms with Crippen molar-refractivity contribution in [3.05, 3.63) is 0 Å². The molecular formula is C5H10O2. The van der Waals surface area contributed by atoms with E-state index in [0.29, 0.717) is 6.61 Å². The van der Waals surface area contributed by atoms with Crippen LogP contribution in [0.4, 0.5) is 0 Å². The highest BCUT2D eigenvalue weighted by Gasteiger charge is 1.92. The third kappa shape index (κ3) is 3.46. The fourth-order valence-corrected chi connectivity index (χ4v) is 0.302. The lowest BCUT2D eigenvalue weighted by Gasteiger charge is -1.99. The van der Waals surface area contributed by atoms with Gasteiger partial charge in [-0.25, -0.2) is 0 Å². The van der Waals surface area contributed by atoms with Crippen LogP contribution in [0, 0.1) is 0 Å². The molecule has 0 bridgehead atoms. The number of ether oxygens (including phenoxy) is 1. The Morgan fingerprint density at radius 1 is 1.86 bits per heavy atom. The minimum Gasteiger partial charge on any atom is -0.371 e. The molecule has 0 spiro atoms. The van der Waals surface area contributed by atoms with Crippen molar-refractivity contribution in [3.63, 3.8) is 0 Å². The Balaban J connectivity index is 2.98. The zero-order valence-electron chi connectivity index (χ0n) is 4.68. The van der Waals surface area contributed by atoms with Gasteiger partial charge in [0.2, 0.25) is 0 Å². The first-order valence-corrected chi connectivity index (χ1v) is 2.38. The van der Waals surface area contributed by atoms with Gasteiger partial charge in [0.25, 0.3) is 0 Å². The Kier molecular flexibility index (Phi) is 3.61. The second kappa shape index (κ2) is 3.81. The molecule has 0 heterocycles. The van der Waals surface area contributed by atoms with Crippen LogP contribution in [0.15, 0.2) is 0 Å². The molecule has 0 saturated heterocycles. The zero-order chi connectivity index (χ0) is 5.70. The summed E-state index contributed by atoms with van der Waals surface area (Å²) in [6.07, 6.45) is 0.550. The molecule has 0 amide bonds. The van der Waals surface area contributed by atoms with Gasteiger partial charge in [-0.3, -0.25) is 0 Å². The van der Waals surface area contributed by atoms with E-state index in [4.69, 9.17) is 4.74 Å². The molecule has 0 fully saturated rings. The summed E-state index contributed by atoms with van der Waals surface area (Å²) in [4.78, 5) is 9.77. The standard InChI is InChI=1S/C5H10O2/c1-3-7-5(2)4-6/h4-5H,3H2,1-2H3. The molecule has 0 aliphatic carbocycles. The third-order valence-electron chi connectivity index (χ3n) is 0.621. The summed E-state index contributed by atoms with van der Waals surface area (Å²) in [5.41, 5.74) is 0. The molecule has 1 atom stereocenters. The summed E-state index contributed by atoms with van der Waals surface area (Å²) in [7, 11) is 0. The Morgan fingerprint density at radius 2 is 2.43 bits per heavy atom. The second-order valence-corrected chi connectivity index (χ2v) is 1.30. The van der Waals surface area contributed by atoms with Crippen LogP contribution in [0.2, 0.25) is 0 Å². The lowest BCUT2D eigenvalue weighted by Crippen LogP contribution is -2.07. The molecule has 0 aliphatic heterocycles. The molecule has 0 aromatic rings. The van der Waals surface area contributed by atoms with E-state index in [2.05, 4.69) is 0 Å². The van der Waals surface area contributed by atoms with Gasteiger partial charge in [-0.2, -0.15) is 0 Å². The van der Waals surface area contributed by atoms with Crippen molar-refractivity contribution < 1.29 is 9.53 Å². The Hall–Kier alpha value is -0.370. The van der Waals surface area contributed by atoms with E-state index >= 15 is 0 Å². The molecule has 7 heavy (non-hydrogen) atoms. The number of rotatable bonds is 3. The molecule has 0 N–H and O–H groups in total. The van der Waals surface area contributed by atoms with Crippen LogP contribution in [0.3, 0.4) is 0 Å². The van der Waals surface area contributed by atoms with E-state index in [1.807, 2.05) is 6.92 Å². The van der Waals surface area contributed by atoms with E-state index in [1.165, 1.54) is 0 Å². The molecule has 2 heteroatoms. The maximum absolute atomic E-state index is 9.77. The Morgan fingerprint density at radius 3 is 2.57 bits per heavy atom. The fourth-order valence-electron chi connectivity index (χ4n) is 0.302. The van der Waals surface area contributed by atoms with E-state index < -0.39 is 0 Å². The molecule has 0 radical (unpaired) electrons. The average molecular weight is 102 g/mol. The Labute approximate surface area is 43.5 Å². The maximum atomic E-state index is 9.77. The molecule has 1 unspecified atom stereocenters. The zero-order valence-corrected chi connectivity index (χ0v) is 4.68. The first-order chi connectivity index (χ1) is 3.31. The summed E-state index contributed by atoms with van der Waals surface area (Å²) < 4.78 is 4.82. The van der Waals surface area contributed by atoms with Crippen molar-refractivity contribution in [3.8, 4) is 0 Å². The highest BCUT2D eigenvalue weighted by atomic mass is 16.5. The summed E-state index contributed by atoms with van der Waals surface area (Å²) in [6, 6.07) is 0. The van der Waals surface area contributed by atoms with Crippen LogP contribution >= 0.6 is 0 Å². The molecule has 0 rings (SSSR count). The van der Waals surface area contributed by atoms with Crippen LogP contribution in [0.25, 0.3) is 0 Å². The van der Waals surface area contributed by atoms with Gasteiger partial charge >= 0.3 is 0 Å². The summed E-state index contributed by atoms with van der Waals surface area (Å²) in [5, 5.41) is 0. The van der Waals surface area contributed by atoms with Crippen LogP contribution in [0.5, 0.6) is 0 Å². The van der Waals surface area contributed by atoms with Gasteiger partial charge in [0.1, 0.15) is 12.4 Å². The van der Waals surface area contributed by atoms with Crippen molar-refractivity contribution in [2.24, 2.45) is 0 Å². The topological polar surface area (TPSA) is 26.3 Å². The highest BCUT2D eigenvalue weighted by molar-refractivity contribution is 5.54. The molecule has 0 saturated carbocycles. The largest absolute Gasteiger partial charge is 0.371 e. The van der Waals surface area contributed by atoms with Gasteiger partial charge in [0.05, 0.1) is 0 Å². The van der Waals surface area contributed by atoms with Crippen LogP contribution in [-0.4, -0.2) is 19.0 Å². The number of hydrogen-bond donors (Lipinski definition) is 0. The van der Waals surface area contributed by atoms with Crippen molar-refractivity contribution in [1.29, 1.82) is 0 Å². The lowest BCUT2D eigenvalue weighted by atomic mass is 10.5. The molecule has 0 aromatic carbocycles. The van der Waals surface area contributed by atoms with E-state index in [9.17, 15) is 4.79 Å². The van der Waals surface area contributed by atoms with Gasteiger partial charge in [-0.1, -0.05) is 0 Å². The Bertz CT molecular complexity index is 52.0. The summed E-state index contributed by atoms with van der Waals surface area (Å²) in [5.74, 6) is 0. The summed E-state index contributed by atoms with van der Waals surface area (Å²) >= 11 is 0. The molecule has 2 nitrogen and oxygen atoms in total. The molecule has 42 valence electrons. The van der Waals surface area contributed by atoms with Crippen molar-refractivity contribution in [2.45, 2.75) is 20.0 Å². The predicted octanol–water partition coefficient (Wildman–Crippen LogP) is 0.610. The predicted molar refractivity (Wildman–Crippen MR) is 27.2 cm³/mol. The third-order valence-corrected chi connectivity index (χ3v) is 0.621. The van der Waals surface area contributed by atoms with Crippen molar-refractivity contribution >= 4 is 6.29 Å². The van der Waals surface area contributed by atoms with E-state index in [-0.39, 0.29) is 6.10 Å². The van der Waals surface area contributed by atoms with Crippen molar-refractivity contribution in [1.82, 2.24) is 0 Å². The monoisotopic (exact) mass is 102 g/mol. The van der Waals surface area contributed by atoms with Gasteiger partial charge in [-0.15, -0.1) is 0 Å². The minimum atomic E-state index is -0.231. The van der Waals surface area contributed by atoms with Gasteiger partial charge in [0, 0.05) is 6.61 Å². The molecular weight excluding hydrogens is 92.1 g/mol. The SMILES string of the molecule is CCOC(C)C=O. The normalized spacial score (nSPS) is 13.4. The number of aldehydes is 1. The van der Waals surface area contributed by atoms with Gasteiger partial charge in [0.15, 0.2) is 0 Å². The number of carbonyl (C=O) groups excluding carboxylic acids is 1. The number of carbonyl (C=O) groups is 1. The quantitative estimate of drug-likeness (QED) is 0.488. The minimum absolute atomic E-state index is 0.231. The lowest BCUT2D eigenvalue weighted by molar-refractivity contribution is -0.116. The molecule has 0 aromatic heterocycles. The maximum Gasteiger partial charge on any atom is 0.148 e. The van der Waals surface area contributed by atoms with E-state index in [0.717, 1.165) is 6.29 Å². The first kappa shape index (κ1) is 6.63. The van der Waals surface area contributed by atoms with Crippen LogP contribution < -0.4 is 0 Å². The average Bonchev–Trinajstić information content (AvgIpc) is 1.68. The van der Waals surface area contributed by atoms with Gasteiger partial charge < -0.3 is 9.53 Å². The van der Waals surface area contributed by atoms with Crippen LogP contribution in [0.1, 0.15) is 13.8 Å². The highest BCUT2D eigenvalue weighted by Crippen LogP contribution is 1.81. The van der Waals surface area contributed by atoms with Crippen LogP contribution in [-0.2, 0) is 9.53 Å². The molecule has 0 aliphatic rings. The van der Waals surface area contributed by atoms with E-state index in [1.54, 1.807) is 6.92 Å².